The molecule has 0 unspecified atom stereocenters. The van der Waals surface area contributed by atoms with E-state index in [9.17, 15) is 0 Å². The SMILES string of the molecule is Cc1ccc(CNCC2CCCC2)cc1Br. The summed E-state index contributed by atoms with van der Waals surface area (Å²) in [6.45, 7) is 4.31. The molecule has 0 radical (unpaired) electrons. The molecule has 0 bridgehead atoms. The van der Waals surface area contributed by atoms with Crippen molar-refractivity contribution in [1.29, 1.82) is 0 Å². The number of hydrogen-bond acceptors (Lipinski definition) is 1. The molecule has 1 nitrogen and oxygen atoms in total. The maximum Gasteiger partial charge on any atom is 0.0207 e. The summed E-state index contributed by atoms with van der Waals surface area (Å²) in [7, 11) is 0. The lowest BCUT2D eigenvalue weighted by Gasteiger charge is -2.11. The Morgan fingerprint density at radius 1 is 1.31 bits per heavy atom. The highest BCUT2D eigenvalue weighted by Crippen LogP contribution is 2.24. The van der Waals surface area contributed by atoms with Gasteiger partial charge >= 0.3 is 0 Å². The first kappa shape index (κ1) is 12.1. The first-order chi connectivity index (χ1) is 7.75. The highest BCUT2D eigenvalue weighted by atomic mass is 79.9. The summed E-state index contributed by atoms with van der Waals surface area (Å²) in [5, 5.41) is 3.57. The van der Waals surface area contributed by atoms with Crippen molar-refractivity contribution < 1.29 is 0 Å². The topological polar surface area (TPSA) is 12.0 Å². The molecule has 0 aliphatic heterocycles. The third-order valence-corrected chi connectivity index (χ3v) is 4.33. The molecule has 0 atom stereocenters. The first-order valence-electron chi connectivity index (χ1n) is 6.21. The maximum atomic E-state index is 3.58. The van der Waals surface area contributed by atoms with Crippen LogP contribution >= 0.6 is 15.9 Å². The largest absolute Gasteiger partial charge is 0.312 e. The molecule has 0 aromatic heterocycles. The minimum absolute atomic E-state index is 0.925. The molecule has 1 N–H and O–H groups in total. The van der Waals surface area contributed by atoms with Gasteiger partial charge in [0.05, 0.1) is 0 Å². The fraction of sp³-hybridized carbons (Fsp3) is 0.571. The number of benzene rings is 1. The lowest BCUT2D eigenvalue weighted by atomic mass is 10.1. The summed E-state index contributed by atoms with van der Waals surface area (Å²) in [5.74, 6) is 0.925. The third-order valence-electron chi connectivity index (χ3n) is 3.47. The van der Waals surface area contributed by atoms with Gasteiger partial charge in [-0.1, -0.05) is 40.9 Å². The smallest absolute Gasteiger partial charge is 0.0207 e. The molecule has 2 rings (SSSR count). The zero-order valence-corrected chi connectivity index (χ0v) is 11.5. The normalized spacial score (nSPS) is 16.9. The van der Waals surface area contributed by atoms with E-state index in [1.54, 1.807) is 0 Å². The van der Waals surface area contributed by atoms with E-state index in [2.05, 4.69) is 46.4 Å². The predicted molar refractivity (Wildman–Crippen MR) is 72.5 cm³/mol. The maximum absolute atomic E-state index is 3.58. The van der Waals surface area contributed by atoms with Crippen LogP contribution in [0.25, 0.3) is 0 Å². The summed E-state index contributed by atoms with van der Waals surface area (Å²) in [5.41, 5.74) is 2.68. The lowest BCUT2D eigenvalue weighted by molar-refractivity contribution is 0.489. The second-order valence-electron chi connectivity index (χ2n) is 4.86. The zero-order chi connectivity index (χ0) is 11.4. The van der Waals surface area contributed by atoms with E-state index in [-0.39, 0.29) is 0 Å². The second-order valence-corrected chi connectivity index (χ2v) is 5.72. The van der Waals surface area contributed by atoms with Crippen LogP contribution in [-0.2, 0) is 6.54 Å². The molecule has 0 amide bonds. The van der Waals surface area contributed by atoms with Gasteiger partial charge in [-0.15, -0.1) is 0 Å². The summed E-state index contributed by atoms with van der Waals surface area (Å²) in [6.07, 6.45) is 5.71. The van der Waals surface area contributed by atoms with Crippen molar-refractivity contribution in [3.05, 3.63) is 33.8 Å². The van der Waals surface area contributed by atoms with E-state index in [1.165, 1.54) is 47.8 Å². The fourth-order valence-corrected chi connectivity index (χ4v) is 2.81. The Morgan fingerprint density at radius 2 is 2.06 bits per heavy atom. The molecular weight excluding hydrogens is 262 g/mol. The van der Waals surface area contributed by atoms with Crippen molar-refractivity contribution in [3.63, 3.8) is 0 Å². The summed E-state index contributed by atoms with van der Waals surface area (Å²) < 4.78 is 1.22. The third kappa shape index (κ3) is 3.33. The molecule has 1 aromatic rings. The zero-order valence-electron chi connectivity index (χ0n) is 9.93. The van der Waals surface area contributed by atoms with Gasteiger partial charge in [-0.25, -0.2) is 0 Å². The van der Waals surface area contributed by atoms with E-state index >= 15 is 0 Å². The summed E-state index contributed by atoms with van der Waals surface area (Å²) in [6, 6.07) is 6.61. The Bertz CT molecular complexity index is 343. The number of hydrogen-bond donors (Lipinski definition) is 1. The minimum Gasteiger partial charge on any atom is -0.312 e. The number of aryl methyl sites for hydroxylation is 1. The van der Waals surface area contributed by atoms with Gasteiger partial charge in [0.25, 0.3) is 0 Å². The van der Waals surface area contributed by atoms with Crippen LogP contribution in [-0.4, -0.2) is 6.54 Å². The van der Waals surface area contributed by atoms with Crippen molar-refractivity contribution in [3.8, 4) is 0 Å². The van der Waals surface area contributed by atoms with E-state index in [4.69, 9.17) is 0 Å². The van der Waals surface area contributed by atoms with Crippen molar-refractivity contribution in [2.45, 2.75) is 39.2 Å². The van der Waals surface area contributed by atoms with Crippen LogP contribution in [0.2, 0.25) is 0 Å². The van der Waals surface area contributed by atoms with Crippen molar-refractivity contribution in [1.82, 2.24) is 5.32 Å². The number of halogens is 1. The molecule has 16 heavy (non-hydrogen) atoms. The van der Waals surface area contributed by atoms with Gasteiger partial charge < -0.3 is 5.32 Å². The average Bonchev–Trinajstić information content (AvgIpc) is 2.76. The Balaban J connectivity index is 1.78. The fourth-order valence-electron chi connectivity index (χ4n) is 2.38. The molecule has 1 aliphatic carbocycles. The van der Waals surface area contributed by atoms with Crippen molar-refractivity contribution in [2.75, 3.05) is 6.54 Å². The molecule has 1 saturated carbocycles. The lowest BCUT2D eigenvalue weighted by Crippen LogP contribution is -2.20. The predicted octanol–water partition coefficient (Wildman–Crippen LogP) is 4.04. The van der Waals surface area contributed by atoms with Crippen LogP contribution < -0.4 is 5.32 Å². The van der Waals surface area contributed by atoms with Gasteiger partial charge in [0.1, 0.15) is 0 Å². The van der Waals surface area contributed by atoms with Crippen molar-refractivity contribution in [2.24, 2.45) is 5.92 Å². The molecule has 0 spiro atoms. The highest BCUT2D eigenvalue weighted by molar-refractivity contribution is 9.10. The molecule has 0 heterocycles. The molecule has 1 fully saturated rings. The van der Waals surface area contributed by atoms with Gasteiger partial charge in [-0.3, -0.25) is 0 Å². The van der Waals surface area contributed by atoms with Crippen LogP contribution in [0.15, 0.2) is 22.7 Å². The monoisotopic (exact) mass is 281 g/mol. The second kappa shape index (κ2) is 5.83. The van der Waals surface area contributed by atoms with Crippen LogP contribution in [0.1, 0.15) is 36.8 Å². The Labute approximate surface area is 107 Å². The minimum atomic E-state index is 0.925. The van der Waals surface area contributed by atoms with Crippen LogP contribution in [0.5, 0.6) is 0 Å². The number of rotatable bonds is 4. The van der Waals surface area contributed by atoms with Gasteiger partial charge in [0.15, 0.2) is 0 Å². The molecule has 2 heteroatoms. The Hall–Kier alpha value is -0.340. The van der Waals surface area contributed by atoms with Gasteiger partial charge in [0, 0.05) is 11.0 Å². The van der Waals surface area contributed by atoms with Gasteiger partial charge in [-0.2, -0.15) is 0 Å². The quantitative estimate of drug-likeness (QED) is 0.879. The molecule has 1 aromatic carbocycles. The average molecular weight is 282 g/mol. The van der Waals surface area contributed by atoms with E-state index < -0.39 is 0 Å². The molecule has 88 valence electrons. The van der Waals surface area contributed by atoms with Gasteiger partial charge in [-0.05, 0) is 49.4 Å². The highest BCUT2D eigenvalue weighted by Gasteiger charge is 2.13. The molecule has 0 saturated heterocycles. The standard InChI is InChI=1S/C14H20BrN/c1-11-6-7-13(8-14(11)15)10-16-9-12-4-2-3-5-12/h6-8,12,16H,2-5,9-10H2,1H3. The first-order valence-corrected chi connectivity index (χ1v) is 7.01. The summed E-state index contributed by atoms with van der Waals surface area (Å²) >= 11 is 3.58. The van der Waals surface area contributed by atoms with E-state index in [0.717, 1.165) is 12.5 Å². The van der Waals surface area contributed by atoms with E-state index in [1.807, 2.05) is 0 Å². The summed E-state index contributed by atoms with van der Waals surface area (Å²) in [4.78, 5) is 0. The molecule has 1 aliphatic rings. The molecular formula is C14H20BrN. The van der Waals surface area contributed by atoms with Crippen LogP contribution in [0, 0.1) is 12.8 Å². The Kier molecular flexibility index (Phi) is 4.42. The van der Waals surface area contributed by atoms with Crippen LogP contribution in [0.3, 0.4) is 0 Å². The number of nitrogens with one attached hydrogen (secondary N) is 1. The Morgan fingerprint density at radius 3 is 2.75 bits per heavy atom. The van der Waals surface area contributed by atoms with Gasteiger partial charge in [0.2, 0.25) is 0 Å². The van der Waals surface area contributed by atoms with E-state index in [0.29, 0.717) is 0 Å². The van der Waals surface area contributed by atoms with Crippen molar-refractivity contribution >= 4 is 15.9 Å². The van der Waals surface area contributed by atoms with Crippen LogP contribution in [0.4, 0.5) is 0 Å².